The number of benzene rings is 2. The molecule has 1 N–H and O–H groups in total. The summed E-state index contributed by atoms with van der Waals surface area (Å²) in [5.74, 6) is 0.860. The summed E-state index contributed by atoms with van der Waals surface area (Å²) < 4.78 is 16.1. The van der Waals surface area contributed by atoms with Gasteiger partial charge in [0, 0.05) is 17.2 Å². The number of carbonyl (C=O) groups is 1. The Morgan fingerprint density at radius 3 is 2.19 bits per heavy atom. The molecule has 0 aromatic heterocycles. The molecule has 5 heteroatoms. The number of hydrogen-bond acceptors (Lipinski definition) is 5. The molecule has 144 valence electrons. The lowest BCUT2D eigenvalue weighted by Gasteiger charge is -2.29. The lowest BCUT2D eigenvalue weighted by molar-refractivity contribution is -0.158. The van der Waals surface area contributed by atoms with Gasteiger partial charge in [-0.2, -0.15) is 0 Å². The average Bonchev–Trinajstić information content (AvgIpc) is 2.64. The predicted molar refractivity (Wildman–Crippen MR) is 105 cm³/mol. The summed E-state index contributed by atoms with van der Waals surface area (Å²) in [6, 6.07) is 13.0. The van der Waals surface area contributed by atoms with Crippen LogP contribution in [0.25, 0.3) is 11.1 Å². The summed E-state index contributed by atoms with van der Waals surface area (Å²) in [6.07, 6.45) is -0.812. The highest BCUT2D eigenvalue weighted by atomic mass is 16.6. The lowest BCUT2D eigenvalue weighted by Crippen LogP contribution is -2.32. The normalized spacial score (nSPS) is 12.2. The van der Waals surface area contributed by atoms with Gasteiger partial charge in [-0.1, -0.05) is 30.8 Å². The van der Waals surface area contributed by atoms with Crippen molar-refractivity contribution in [3.63, 3.8) is 0 Å². The quantitative estimate of drug-likeness (QED) is 0.581. The number of carbonyl (C=O) groups excluding carboxylic acids is 1. The molecule has 1 atom stereocenters. The van der Waals surface area contributed by atoms with Crippen LogP contribution in [0, 0.1) is 0 Å². The molecule has 0 aliphatic carbocycles. The zero-order valence-electron chi connectivity index (χ0n) is 16.4. The molecule has 27 heavy (non-hydrogen) atoms. The highest BCUT2D eigenvalue weighted by molar-refractivity contribution is 5.87. The molecule has 2 aromatic carbocycles. The monoisotopic (exact) mass is 370 g/mol. The summed E-state index contributed by atoms with van der Waals surface area (Å²) in [6.45, 7) is 8.36. The number of ether oxygens (including phenoxy) is 3. The Morgan fingerprint density at radius 2 is 1.70 bits per heavy atom. The van der Waals surface area contributed by atoms with Crippen molar-refractivity contribution in [3.05, 3.63) is 60.2 Å². The van der Waals surface area contributed by atoms with Crippen LogP contribution in [0.15, 0.2) is 54.6 Å². The van der Waals surface area contributed by atoms with Crippen molar-refractivity contribution in [2.75, 3.05) is 14.2 Å². The Hall–Kier alpha value is -2.79. The summed E-state index contributed by atoms with van der Waals surface area (Å²) in [5, 5.41) is 10.4. The van der Waals surface area contributed by atoms with Gasteiger partial charge < -0.3 is 19.3 Å². The molecule has 0 bridgehead atoms. The van der Waals surface area contributed by atoms with Crippen LogP contribution in [-0.4, -0.2) is 30.9 Å². The van der Waals surface area contributed by atoms with E-state index in [1.54, 1.807) is 35.0 Å². The SMILES string of the molecule is C=C(C)C(=O)OC(c1ccc(-c2ccc(OC)cc2OC)cc1)C(C)(C)O. The van der Waals surface area contributed by atoms with Crippen molar-refractivity contribution in [2.24, 2.45) is 0 Å². The minimum atomic E-state index is -1.25. The van der Waals surface area contributed by atoms with E-state index in [0.717, 1.165) is 11.1 Å². The van der Waals surface area contributed by atoms with Gasteiger partial charge in [-0.3, -0.25) is 0 Å². The maximum Gasteiger partial charge on any atom is 0.333 e. The van der Waals surface area contributed by atoms with Gasteiger partial charge in [0.05, 0.1) is 14.2 Å². The molecule has 2 aromatic rings. The summed E-state index contributed by atoms with van der Waals surface area (Å²) >= 11 is 0. The van der Waals surface area contributed by atoms with E-state index in [1.807, 2.05) is 42.5 Å². The van der Waals surface area contributed by atoms with E-state index in [1.165, 1.54) is 0 Å². The fourth-order valence-corrected chi connectivity index (χ4v) is 2.70. The molecule has 1 unspecified atom stereocenters. The van der Waals surface area contributed by atoms with Crippen molar-refractivity contribution in [1.82, 2.24) is 0 Å². The van der Waals surface area contributed by atoms with Crippen molar-refractivity contribution < 1.29 is 24.1 Å². The molecule has 0 saturated heterocycles. The summed E-state index contributed by atoms with van der Waals surface area (Å²) in [4.78, 5) is 11.9. The van der Waals surface area contributed by atoms with E-state index in [9.17, 15) is 9.90 Å². The third kappa shape index (κ3) is 4.89. The van der Waals surface area contributed by atoms with Gasteiger partial charge in [-0.05, 0) is 44.0 Å². The first-order valence-corrected chi connectivity index (χ1v) is 8.58. The number of rotatable bonds is 7. The van der Waals surface area contributed by atoms with Crippen LogP contribution in [0.2, 0.25) is 0 Å². The van der Waals surface area contributed by atoms with E-state index < -0.39 is 17.7 Å². The highest BCUT2D eigenvalue weighted by Gasteiger charge is 2.32. The van der Waals surface area contributed by atoms with Gasteiger partial charge in [-0.15, -0.1) is 0 Å². The van der Waals surface area contributed by atoms with Gasteiger partial charge in [0.2, 0.25) is 0 Å². The average molecular weight is 370 g/mol. The third-order valence-corrected chi connectivity index (χ3v) is 4.15. The second-order valence-electron chi connectivity index (χ2n) is 6.91. The van der Waals surface area contributed by atoms with Crippen molar-refractivity contribution in [1.29, 1.82) is 0 Å². The van der Waals surface area contributed by atoms with E-state index >= 15 is 0 Å². The van der Waals surface area contributed by atoms with Crippen LogP contribution in [0.1, 0.15) is 32.4 Å². The smallest absolute Gasteiger partial charge is 0.333 e. The van der Waals surface area contributed by atoms with Gasteiger partial charge in [0.1, 0.15) is 17.1 Å². The number of methoxy groups -OCH3 is 2. The van der Waals surface area contributed by atoms with Gasteiger partial charge in [-0.25, -0.2) is 4.79 Å². The van der Waals surface area contributed by atoms with Crippen molar-refractivity contribution in [3.8, 4) is 22.6 Å². The van der Waals surface area contributed by atoms with Gasteiger partial charge in [0.25, 0.3) is 0 Å². The van der Waals surface area contributed by atoms with Crippen LogP contribution >= 0.6 is 0 Å². The first-order chi connectivity index (χ1) is 12.7. The minimum Gasteiger partial charge on any atom is -0.497 e. The third-order valence-electron chi connectivity index (χ3n) is 4.15. The zero-order valence-corrected chi connectivity index (χ0v) is 16.4. The number of hydrogen-bond donors (Lipinski definition) is 1. The first-order valence-electron chi connectivity index (χ1n) is 8.58. The Balaban J connectivity index is 2.37. The molecule has 0 spiro atoms. The second kappa shape index (κ2) is 8.27. The van der Waals surface area contributed by atoms with Crippen LogP contribution in [0.3, 0.4) is 0 Å². The molecular formula is C22H26O5. The van der Waals surface area contributed by atoms with E-state index in [2.05, 4.69) is 6.58 Å². The maximum absolute atomic E-state index is 11.9. The Morgan fingerprint density at radius 1 is 1.07 bits per heavy atom. The second-order valence-corrected chi connectivity index (χ2v) is 6.91. The molecule has 0 fully saturated rings. The zero-order chi connectivity index (χ0) is 20.2. The lowest BCUT2D eigenvalue weighted by atomic mass is 9.93. The standard InChI is InChI=1S/C22H26O5/c1-14(2)21(23)27-20(22(3,4)24)16-9-7-15(8-10-16)18-12-11-17(25-5)13-19(18)26-6/h7-13,20,24H,1H2,2-6H3. The molecular weight excluding hydrogens is 344 g/mol. The van der Waals surface area contributed by atoms with Crippen LogP contribution in [0.4, 0.5) is 0 Å². The summed E-state index contributed by atoms with van der Waals surface area (Å²) in [5.41, 5.74) is 1.56. The molecule has 2 rings (SSSR count). The van der Waals surface area contributed by atoms with Crippen molar-refractivity contribution in [2.45, 2.75) is 32.5 Å². The molecule has 0 saturated carbocycles. The predicted octanol–water partition coefficient (Wildman–Crippen LogP) is 4.30. The van der Waals surface area contributed by atoms with E-state index in [0.29, 0.717) is 17.1 Å². The molecule has 0 heterocycles. The van der Waals surface area contributed by atoms with E-state index in [-0.39, 0.29) is 5.57 Å². The topological polar surface area (TPSA) is 65.0 Å². The largest absolute Gasteiger partial charge is 0.497 e. The minimum absolute atomic E-state index is 0.281. The molecule has 0 amide bonds. The van der Waals surface area contributed by atoms with E-state index in [4.69, 9.17) is 14.2 Å². The fraction of sp³-hybridized carbons (Fsp3) is 0.318. The van der Waals surface area contributed by atoms with Crippen molar-refractivity contribution >= 4 is 5.97 Å². The Bertz CT molecular complexity index is 816. The summed E-state index contributed by atoms with van der Waals surface area (Å²) in [7, 11) is 3.21. The van der Waals surface area contributed by atoms with Crippen LogP contribution in [0.5, 0.6) is 11.5 Å². The highest BCUT2D eigenvalue weighted by Crippen LogP contribution is 2.35. The van der Waals surface area contributed by atoms with Crippen LogP contribution in [-0.2, 0) is 9.53 Å². The van der Waals surface area contributed by atoms with Gasteiger partial charge >= 0.3 is 5.97 Å². The van der Waals surface area contributed by atoms with Crippen LogP contribution < -0.4 is 9.47 Å². The molecule has 0 radical (unpaired) electrons. The first kappa shape index (κ1) is 20.5. The molecule has 0 aliphatic heterocycles. The maximum atomic E-state index is 11.9. The van der Waals surface area contributed by atoms with Gasteiger partial charge in [0.15, 0.2) is 6.10 Å². The number of esters is 1. The molecule has 5 nitrogen and oxygen atoms in total. The fourth-order valence-electron chi connectivity index (χ4n) is 2.70. The Labute approximate surface area is 160 Å². The number of aliphatic hydroxyl groups is 1. The Kier molecular flexibility index (Phi) is 6.28. The molecule has 0 aliphatic rings.